The van der Waals surface area contributed by atoms with Gasteiger partial charge in [-0.25, -0.2) is 0 Å². The van der Waals surface area contributed by atoms with E-state index in [9.17, 15) is 0 Å². The number of hydrogen-bond donors (Lipinski definition) is 0. The van der Waals surface area contributed by atoms with E-state index in [0.29, 0.717) is 0 Å². The van der Waals surface area contributed by atoms with Crippen molar-refractivity contribution < 1.29 is 0 Å². The molecule has 0 unspecified atom stereocenters. The number of likely N-dealkylation sites (tertiary alicyclic amines) is 1. The summed E-state index contributed by atoms with van der Waals surface area (Å²) in [6, 6.07) is 7.00. The Hall–Kier alpha value is -1.24. The Balaban J connectivity index is 1.74. The molecule has 0 spiro atoms. The summed E-state index contributed by atoms with van der Waals surface area (Å²) < 4.78 is 0. The Labute approximate surface area is 104 Å². The molecule has 0 bridgehead atoms. The third-order valence-electron chi connectivity index (χ3n) is 3.99. The van der Waals surface area contributed by atoms with Crippen molar-refractivity contribution >= 4 is 6.08 Å². The molecule has 1 aromatic carbocycles. The average Bonchev–Trinajstić information content (AvgIpc) is 2.89. The molecule has 1 heterocycles. The van der Waals surface area contributed by atoms with E-state index in [1.54, 1.807) is 11.1 Å². The first-order chi connectivity index (χ1) is 8.42. The molecule has 1 aromatic rings. The smallest absolute Gasteiger partial charge is 0.0173 e. The van der Waals surface area contributed by atoms with Crippen LogP contribution in [0.1, 0.15) is 42.4 Å². The Morgan fingerprint density at radius 2 is 1.65 bits per heavy atom. The van der Waals surface area contributed by atoms with E-state index in [0.717, 1.165) is 0 Å². The van der Waals surface area contributed by atoms with Gasteiger partial charge in [-0.15, -0.1) is 0 Å². The lowest BCUT2D eigenvalue weighted by Crippen LogP contribution is -2.10. The summed E-state index contributed by atoms with van der Waals surface area (Å²) in [5.41, 5.74) is 4.53. The summed E-state index contributed by atoms with van der Waals surface area (Å²) in [6.07, 6.45) is 12.6. The molecule has 1 aliphatic carbocycles. The van der Waals surface area contributed by atoms with Gasteiger partial charge in [-0.1, -0.05) is 18.2 Å². The summed E-state index contributed by atoms with van der Waals surface area (Å²) in [6.45, 7) is 2.48. The van der Waals surface area contributed by atoms with E-state index in [4.69, 9.17) is 0 Å². The quantitative estimate of drug-likeness (QED) is 0.745. The minimum Gasteiger partial charge on any atom is -0.377 e. The summed E-state index contributed by atoms with van der Waals surface area (Å²) in [5, 5.41) is 0. The first-order valence-electron chi connectivity index (χ1n) is 6.96. The van der Waals surface area contributed by atoms with Gasteiger partial charge in [-0.2, -0.15) is 0 Å². The molecule has 1 saturated heterocycles. The standard InChI is InChI=1S/C16H21N/c1-2-6-16-13-14(7-8-15(16)5-1)9-12-17-10-3-4-11-17/h7-9,12-13H,1-6,10-11H2. The lowest BCUT2D eigenvalue weighted by molar-refractivity contribution is 0.471. The molecule has 1 heteroatoms. The zero-order valence-electron chi connectivity index (χ0n) is 10.5. The molecular formula is C16H21N. The minimum absolute atomic E-state index is 1.24. The van der Waals surface area contributed by atoms with Crippen LogP contribution in [0.4, 0.5) is 0 Å². The van der Waals surface area contributed by atoms with Gasteiger partial charge in [0.05, 0.1) is 0 Å². The zero-order chi connectivity index (χ0) is 11.5. The summed E-state index contributed by atoms with van der Waals surface area (Å²) in [4.78, 5) is 2.43. The second kappa shape index (κ2) is 4.95. The average molecular weight is 227 g/mol. The van der Waals surface area contributed by atoms with Crippen molar-refractivity contribution in [2.24, 2.45) is 0 Å². The molecule has 1 fully saturated rings. The fourth-order valence-electron chi connectivity index (χ4n) is 2.94. The minimum atomic E-state index is 1.24. The molecule has 0 atom stereocenters. The maximum absolute atomic E-state index is 2.43. The molecule has 1 nitrogen and oxygen atoms in total. The highest BCUT2D eigenvalue weighted by atomic mass is 15.1. The van der Waals surface area contributed by atoms with Crippen molar-refractivity contribution in [1.82, 2.24) is 4.90 Å². The van der Waals surface area contributed by atoms with E-state index in [1.807, 2.05) is 0 Å². The van der Waals surface area contributed by atoms with Crippen LogP contribution >= 0.6 is 0 Å². The van der Waals surface area contributed by atoms with Gasteiger partial charge in [0, 0.05) is 13.1 Å². The molecule has 3 rings (SSSR count). The number of hydrogen-bond acceptors (Lipinski definition) is 1. The van der Waals surface area contributed by atoms with Crippen molar-refractivity contribution in [2.45, 2.75) is 38.5 Å². The third-order valence-corrected chi connectivity index (χ3v) is 3.99. The van der Waals surface area contributed by atoms with Crippen molar-refractivity contribution in [3.05, 3.63) is 41.1 Å². The maximum Gasteiger partial charge on any atom is 0.0173 e. The van der Waals surface area contributed by atoms with Crippen LogP contribution in [-0.4, -0.2) is 18.0 Å². The highest BCUT2D eigenvalue weighted by molar-refractivity contribution is 5.52. The topological polar surface area (TPSA) is 3.24 Å². The molecular weight excluding hydrogens is 206 g/mol. The third kappa shape index (κ3) is 2.54. The van der Waals surface area contributed by atoms with Gasteiger partial charge in [0.1, 0.15) is 0 Å². The van der Waals surface area contributed by atoms with Crippen LogP contribution in [0, 0.1) is 0 Å². The number of aryl methyl sites for hydroxylation is 2. The maximum atomic E-state index is 2.43. The fraction of sp³-hybridized carbons (Fsp3) is 0.500. The van der Waals surface area contributed by atoms with Crippen LogP contribution in [0.25, 0.3) is 6.08 Å². The van der Waals surface area contributed by atoms with Gasteiger partial charge in [0.25, 0.3) is 0 Å². The largest absolute Gasteiger partial charge is 0.377 e. The summed E-state index contributed by atoms with van der Waals surface area (Å²) in [7, 11) is 0. The predicted octanol–water partition coefficient (Wildman–Crippen LogP) is 3.63. The molecule has 17 heavy (non-hydrogen) atoms. The van der Waals surface area contributed by atoms with Crippen LogP contribution in [-0.2, 0) is 12.8 Å². The SMILES string of the molecule is C(=CN1CCCC1)c1ccc2c(c1)CCCC2. The van der Waals surface area contributed by atoms with Crippen molar-refractivity contribution in [1.29, 1.82) is 0 Å². The van der Waals surface area contributed by atoms with E-state index < -0.39 is 0 Å². The van der Waals surface area contributed by atoms with Gasteiger partial charge < -0.3 is 4.90 Å². The van der Waals surface area contributed by atoms with Gasteiger partial charge in [-0.05, 0) is 67.5 Å². The van der Waals surface area contributed by atoms with Crippen LogP contribution in [0.3, 0.4) is 0 Å². The summed E-state index contributed by atoms with van der Waals surface area (Å²) in [5.74, 6) is 0. The Morgan fingerprint density at radius 1 is 0.882 bits per heavy atom. The molecule has 1 aliphatic heterocycles. The molecule has 0 radical (unpaired) electrons. The second-order valence-corrected chi connectivity index (χ2v) is 5.29. The highest BCUT2D eigenvalue weighted by Crippen LogP contribution is 2.22. The van der Waals surface area contributed by atoms with Crippen molar-refractivity contribution in [3.8, 4) is 0 Å². The Bertz CT molecular complexity index is 414. The molecule has 2 aliphatic rings. The van der Waals surface area contributed by atoms with Crippen LogP contribution in [0.15, 0.2) is 24.4 Å². The van der Waals surface area contributed by atoms with Crippen LogP contribution in [0.5, 0.6) is 0 Å². The lowest BCUT2D eigenvalue weighted by Gasteiger charge is -2.16. The van der Waals surface area contributed by atoms with E-state index in [2.05, 4.69) is 35.4 Å². The van der Waals surface area contributed by atoms with Crippen LogP contribution in [0.2, 0.25) is 0 Å². The van der Waals surface area contributed by atoms with Crippen molar-refractivity contribution in [2.75, 3.05) is 13.1 Å². The van der Waals surface area contributed by atoms with Gasteiger partial charge in [0.15, 0.2) is 0 Å². The zero-order valence-corrected chi connectivity index (χ0v) is 10.5. The van der Waals surface area contributed by atoms with Gasteiger partial charge in [0.2, 0.25) is 0 Å². The summed E-state index contributed by atoms with van der Waals surface area (Å²) >= 11 is 0. The number of nitrogens with zero attached hydrogens (tertiary/aromatic N) is 1. The van der Waals surface area contributed by atoms with E-state index in [-0.39, 0.29) is 0 Å². The number of rotatable bonds is 2. The van der Waals surface area contributed by atoms with Crippen LogP contribution < -0.4 is 0 Å². The Morgan fingerprint density at radius 3 is 2.47 bits per heavy atom. The molecule has 0 amide bonds. The highest BCUT2D eigenvalue weighted by Gasteiger charge is 2.09. The van der Waals surface area contributed by atoms with E-state index in [1.165, 1.54) is 57.2 Å². The number of fused-ring (bicyclic) bond motifs is 1. The molecule has 0 saturated carbocycles. The fourth-order valence-corrected chi connectivity index (χ4v) is 2.94. The first kappa shape index (κ1) is 10.9. The van der Waals surface area contributed by atoms with Crippen molar-refractivity contribution in [3.63, 3.8) is 0 Å². The Kier molecular flexibility index (Phi) is 3.17. The van der Waals surface area contributed by atoms with E-state index >= 15 is 0 Å². The normalized spacial score (nSPS) is 19.9. The second-order valence-electron chi connectivity index (χ2n) is 5.29. The predicted molar refractivity (Wildman–Crippen MR) is 72.9 cm³/mol. The number of benzene rings is 1. The van der Waals surface area contributed by atoms with Gasteiger partial charge >= 0.3 is 0 Å². The monoisotopic (exact) mass is 227 g/mol. The molecule has 0 N–H and O–H groups in total. The lowest BCUT2D eigenvalue weighted by atomic mass is 9.90. The molecule has 0 aromatic heterocycles. The first-order valence-corrected chi connectivity index (χ1v) is 6.96. The van der Waals surface area contributed by atoms with Gasteiger partial charge in [-0.3, -0.25) is 0 Å². The molecule has 90 valence electrons.